The summed E-state index contributed by atoms with van der Waals surface area (Å²) in [6.45, 7) is 1.57. The summed E-state index contributed by atoms with van der Waals surface area (Å²) >= 11 is 0. The number of benzene rings is 3. The first-order valence-electron chi connectivity index (χ1n) is 9.41. The van der Waals surface area contributed by atoms with E-state index in [1.807, 2.05) is 59.5 Å². The van der Waals surface area contributed by atoms with Crippen molar-refractivity contribution in [3.63, 3.8) is 0 Å². The van der Waals surface area contributed by atoms with Crippen LogP contribution in [-0.4, -0.2) is 29.8 Å². The smallest absolute Gasteiger partial charge is 0.255 e. The topological polar surface area (TPSA) is 49.4 Å². The van der Waals surface area contributed by atoms with Gasteiger partial charge in [-0.2, -0.15) is 0 Å². The Morgan fingerprint density at radius 1 is 0.778 bits per heavy atom. The van der Waals surface area contributed by atoms with Gasteiger partial charge in [0.1, 0.15) is 0 Å². The molecule has 4 nitrogen and oxygen atoms in total. The number of nitrogens with one attached hydrogen (secondary N) is 1. The van der Waals surface area contributed by atoms with Crippen LogP contribution in [-0.2, 0) is 0 Å². The van der Waals surface area contributed by atoms with Crippen LogP contribution in [0.15, 0.2) is 66.7 Å². The molecule has 0 unspecified atom stereocenters. The zero-order valence-electron chi connectivity index (χ0n) is 15.2. The van der Waals surface area contributed by atoms with Crippen LogP contribution >= 0.6 is 0 Å². The van der Waals surface area contributed by atoms with E-state index in [1.54, 1.807) is 12.1 Å². The van der Waals surface area contributed by atoms with Gasteiger partial charge in [0, 0.05) is 18.7 Å². The van der Waals surface area contributed by atoms with Crippen molar-refractivity contribution in [3.8, 4) is 0 Å². The molecule has 1 N–H and O–H groups in total. The van der Waals surface area contributed by atoms with Crippen LogP contribution in [0.5, 0.6) is 0 Å². The standard InChI is InChI=1S/C23H22N2O2/c26-22(19-13-12-17-8-2-3-9-18(17)16-19)24-21-11-5-4-10-20(21)23(27)25-14-6-1-7-15-25/h2-5,8-13,16H,1,6-7,14-15H2,(H,24,26). The Labute approximate surface area is 158 Å². The third-order valence-corrected chi connectivity index (χ3v) is 5.06. The van der Waals surface area contributed by atoms with Crippen molar-refractivity contribution in [3.05, 3.63) is 77.9 Å². The van der Waals surface area contributed by atoms with Gasteiger partial charge >= 0.3 is 0 Å². The number of fused-ring (bicyclic) bond motifs is 1. The third-order valence-electron chi connectivity index (χ3n) is 5.06. The molecule has 0 aliphatic carbocycles. The summed E-state index contributed by atoms with van der Waals surface area (Å²) in [7, 11) is 0. The van der Waals surface area contributed by atoms with Gasteiger partial charge in [0.15, 0.2) is 0 Å². The SMILES string of the molecule is O=C(Nc1ccccc1C(=O)N1CCCCC1)c1ccc2ccccc2c1. The minimum Gasteiger partial charge on any atom is -0.339 e. The zero-order chi connectivity index (χ0) is 18.6. The first-order chi connectivity index (χ1) is 13.2. The molecule has 1 aliphatic heterocycles. The van der Waals surface area contributed by atoms with Crippen molar-refractivity contribution in [1.29, 1.82) is 0 Å². The predicted molar refractivity (Wildman–Crippen MR) is 108 cm³/mol. The number of hydrogen-bond acceptors (Lipinski definition) is 2. The van der Waals surface area contributed by atoms with E-state index in [9.17, 15) is 9.59 Å². The number of amides is 2. The normalized spacial score (nSPS) is 14.1. The van der Waals surface area contributed by atoms with Gasteiger partial charge in [-0.05, 0) is 54.3 Å². The van der Waals surface area contributed by atoms with Crippen molar-refractivity contribution in [2.45, 2.75) is 19.3 Å². The molecule has 1 saturated heterocycles. The molecule has 136 valence electrons. The number of likely N-dealkylation sites (tertiary alicyclic amines) is 1. The van der Waals surface area contributed by atoms with Gasteiger partial charge in [-0.1, -0.05) is 42.5 Å². The van der Waals surface area contributed by atoms with E-state index >= 15 is 0 Å². The highest BCUT2D eigenvalue weighted by molar-refractivity contribution is 6.10. The van der Waals surface area contributed by atoms with Gasteiger partial charge in [0.25, 0.3) is 11.8 Å². The molecular weight excluding hydrogens is 336 g/mol. The van der Waals surface area contributed by atoms with Crippen molar-refractivity contribution in [2.24, 2.45) is 0 Å². The molecule has 3 aromatic carbocycles. The second-order valence-corrected chi connectivity index (χ2v) is 6.91. The Morgan fingerprint density at radius 2 is 1.48 bits per heavy atom. The molecule has 2 amide bonds. The Kier molecular flexibility index (Phi) is 4.88. The number of carbonyl (C=O) groups excluding carboxylic acids is 2. The number of carbonyl (C=O) groups is 2. The van der Waals surface area contributed by atoms with Crippen LogP contribution in [0.3, 0.4) is 0 Å². The molecule has 0 radical (unpaired) electrons. The Bertz CT molecular complexity index is 990. The molecule has 1 aliphatic rings. The van der Waals surface area contributed by atoms with E-state index in [1.165, 1.54) is 6.42 Å². The molecule has 0 spiro atoms. The number of piperidine rings is 1. The van der Waals surface area contributed by atoms with E-state index in [-0.39, 0.29) is 11.8 Å². The highest BCUT2D eigenvalue weighted by Gasteiger charge is 2.21. The van der Waals surface area contributed by atoms with Crippen LogP contribution in [0.2, 0.25) is 0 Å². The molecule has 27 heavy (non-hydrogen) atoms. The van der Waals surface area contributed by atoms with E-state index in [4.69, 9.17) is 0 Å². The van der Waals surface area contributed by atoms with Crippen LogP contribution in [0.25, 0.3) is 10.8 Å². The number of rotatable bonds is 3. The second-order valence-electron chi connectivity index (χ2n) is 6.91. The maximum Gasteiger partial charge on any atom is 0.255 e. The van der Waals surface area contributed by atoms with Crippen LogP contribution in [0.4, 0.5) is 5.69 Å². The maximum atomic E-state index is 12.9. The van der Waals surface area contributed by atoms with Gasteiger partial charge in [0.2, 0.25) is 0 Å². The van der Waals surface area contributed by atoms with E-state index in [0.29, 0.717) is 16.8 Å². The fourth-order valence-electron chi connectivity index (χ4n) is 3.57. The Hall–Kier alpha value is -3.14. The van der Waals surface area contributed by atoms with Gasteiger partial charge in [0.05, 0.1) is 11.3 Å². The van der Waals surface area contributed by atoms with Crippen molar-refractivity contribution in [1.82, 2.24) is 4.90 Å². The highest BCUT2D eigenvalue weighted by atomic mass is 16.2. The fourth-order valence-corrected chi connectivity index (χ4v) is 3.57. The predicted octanol–water partition coefficient (Wildman–Crippen LogP) is 4.72. The number of nitrogens with zero attached hydrogens (tertiary/aromatic N) is 1. The molecule has 0 saturated carbocycles. The average molecular weight is 358 g/mol. The van der Waals surface area contributed by atoms with Crippen LogP contribution in [0.1, 0.15) is 40.0 Å². The zero-order valence-corrected chi connectivity index (χ0v) is 15.2. The average Bonchev–Trinajstić information content (AvgIpc) is 2.74. The molecule has 0 bridgehead atoms. The number of para-hydroxylation sites is 1. The largest absolute Gasteiger partial charge is 0.339 e. The second kappa shape index (κ2) is 7.62. The lowest BCUT2D eigenvalue weighted by Gasteiger charge is -2.27. The molecule has 0 aromatic heterocycles. The van der Waals surface area contributed by atoms with Crippen molar-refractivity contribution < 1.29 is 9.59 Å². The summed E-state index contributed by atoms with van der Waals surface area (Å²) in [4.78, 5) is 27.5. The lowest BCUT2D eigenvalue weighted by Crippen LogP contribution is -2.36. The molecule has 0 atom stereocenters. The van der Waals surface area contributed by atoms with Gasteiger partial charge in [-0.15, -0.1) is 0 Å². The Balaban J connectivity index is 1.58. The maximum absolute atomic E-state index is 12.9. The van der Waals surface area contributed by atoms with Gasteiger partial charge in [-0.25, -0.2) is 0 Å². The number of hydrogen-bond donors (Lipinski definition) is 1. The summed E-state index contributed by atoms with van der Waals surface area (Å²) in [5, 5.41) is 5.03. The highest BCUT2D eigenvalue weighted by Crippen LogP contribution is 2.22. The molecular formula is C23H22N2O2. The van der Waals surface area contributed by atoms with Crippen LogP contribution < -0.4 is 5.32 Å². The minimum absolute atomic E-state index is 0.0101. The number of anilines is 1. The monoisotopic (exact) mass is 358 g/mol. The van der Waals surface area contributed by atoms with Crippen molar-refractivity contribution >= 4 is 28.3 Å². The van der Waals surface area contributed by atoms with Crippen LogP contribution in [0, 0.1) is 0 Å². The minimum atomic E-state index is -0.209. The lowest BCUT2D eigenvalue weighted by molar-refractivity contribution is 0.0725. The summed E-state index contributed by atoms with van der Waals surface area (Å²) in [6, 6.07) is 20.8. The van der Waals surface area contributed by atoms with E-state index in [2.05, 4.69) is 5.32 Å². The van der Waals surface area contributed by atoms with E-state index in [0.717, 1.165) is 36.7 Å². The summed E-state index contributed by atoms with van der Waals surface area (Å²) in [5.74, 6) is -0.219. The van der Waals surface area contributed by atoms with Gasteiger partial charge < -0.3 is 10.2 Å². The Morgan fingerprint density at radius 3 is 2.30 bits per heavy atom. The molecule has 1 heterocycles. The molecule has 1 fully saturated rings. The molecule has 4 rings (SSSR count). The quantitative estimate of drug-likeness (QED) is 0.736. The lowest BCUT2D eigenvalue weighted by atomic mass is 10.1. The summed E-state index contributed by atoms with van der Waals surface area (Å²) < 4.78 is 0. The van der Waals surface area contributed by atoms with Crippen molar-refractivity contribution in [2.75, 3.05) is 18.4 Å². The fraction of sp³-hybridized carbons (Fsp3) is 0.217. The first kappa shape index (κ1) is 17.3. The first-order valence-corrected chi connectivity index (χ1v) is 9.41. The third kappa shape index (κ3) is 3.70. The summed E-state index contributed by atoms with van der Waals surface area (Å²) in [5.41, 5.74) is 1.69. The summed E-state index contributed by atoms with van der Waals surface area (Å²) in [6.07, 6.45) is 3.25. The molecule has 4 heteroatoms. The molecule has 3 aromatic rings. The van der Waals surface area contributed by atoms with Gasteiger partial charge in [-0.3, -0.25) is 9.59 Å². The van der Waals surface area contributed by atoms with E-state index < -0.39 is 0 Å².